The number of nitrogens with one attached hydrogen (secondary N) is 1. The van der Waals surface area contributed by atoms with Crippen LogP contribution in [0.25, 0.3) is 22.6 Å². The van der Waals surface area contributed by atoms with Crippen LogP contribution in [0.2, 0.25) is 0 Å². The van der Waals surface area contributed by atoms with Crippen LogP contribution in [-0.4, -0.2) is 10.9 Å². The molecule has 0 aliphatic heterocycles. The van der Waals surface area contributed by atoms with Gasteiger partial charge >= 0.3 is 0 Å². The molecule has 1 atom stereocenters. The Morgan fingerprint density at radius 3 is 2.25 bits per heavy atom. The maximum Gasteiger partial charge on any atom is 0.220 e. The van der Waals surface area contributed by atoms with Crippen LogP contribution in [0, 0.1) is 11.6 Å². The van der Waals surface area contributed by atoms with Crippen LogP contribution < -0.4 is 5.32 Å². The molecule has 1 aromatic heterocycles. The fourth-order valence-electron chi connectivity index (χ4n) is 3.45. The normalized spacial score (nSPS) is 11.8. The van der Waals surface area contributed by atoms with Gasteiger partial charge in [-0.2, -0.15) is 0 Å². The van der Waals surface area contributed by atoms with Gasteiger partial charge in [0.05, 0.1) is 6.04 Å². The van der Waals surface area contributed by atoms with Gasteiger partial charge in [0.1, 0.15) is 5.69 Å². The lowest BCUT2D eigenvalue weighted by molar-refractivity contribution is -0.121. The zero-order chi connectivity index (χ0) is 22.5. The van der Waals surface area contributed by atoms with Gasteiger partial charge < -0.3 is 9.73 Å². The van der Waals surface area contributed by atoms with Gasteiger partial charge in [-0.1, -0.05) is 66.7 Å². The van der Waals surface area contributed by atoms with Crippen LogP contribution in [0.5, 0.6) is 0 Å². The molecule has 0 spiro atoms. The first-order valence-corrected chi connectivity index (χ1v) is 10.4. The number of rotatable bonds is 7. The average molecular weight is 432 g/mol. The molecule has 0 bridgehead atoms. The zero-order valence-corrected chi connectivity index (χ0v) is 17.5. The lowest BCUT2D eigenvalue weighted by atomic mass is 10.1. The highest BCUT2D eigenvalue weighted by Gasteiger charge is 2.18. The van der Waals surface area contributed by atoms with Crippen molar-refractivity contribution < 1.29 is 18.0 Å². The molecule has 0 fully saturated rings. The van der Waals surface area contributed by atoms with E-state index in [1.807, 2.05) is 60.7 Å². The van der Waals surface area contributed by atoms with E-state index in [1.54, 1.807) is 6.92 Å². The number of nitrogens with zero attached hydrogens (tertiary/aromatic N) is 1. The van der Waals surface area contributed by atoms with Crippen LogP contribution >= 0.6 is 0 Å². The number of carbonyl (C=O) groups is 1. The minimum atomic E-state index is -0.940. The summed E-state index contributed by atoms with van der Waals surface area (Å²) in [5.41, 5.74) is 3.05. The molecule has 1 N–H and O–H groups in total. The van der Waals surface area contributed by atoms with E-state index in [0.717, 1.165) is 29.0 Å². The van der Waals surface area contributed by atoms with Gasteiger partial charge in [-0.3, -0.25) is 4.79 Å². The van der Waals surface area contributed by atoms with E-state index in [-0.39, 0.29) is 12.3 Å². The second-order valence-corrected chi connectivity index (χ2v) is 7.48. The monoisotopic (exact) mass is 432 g/mol. The van der Waals surface area contributed by atoms with Crippen LogP contribution in [0.3, 0.4) is 0 Å². The molecule has 0 aliphatic carbocycles. The van der Waals surface area contributed by atoms with Gasteiger partial charge in [-0.25, -0.2) is 13.8 Å². The molecule has 6 heteroatoms. The van der Waals surface area contributed by atoms with E-state index in [1.165, 1.54) is 6.07 Å². The van der Waals surface area contributed by atoms with Crippen LogP contribution in [0.15, 0.2) is 83.3 Å². The molecule has 1 heterocycles. The lowest BCUT2D eigenvalue weighted by Gasteiger charge is -2.14. The van der Waals surface area contributed by atoms with Gasteiger partial charge in [-0.15, -0.1) is 0 Å². The molecule has 0 radical (unpaired) electrons. The summed E-state index contributed by atoms with van der Waals surface area (Å²) in [6, 6.07) is 22.6. The van der Waals surface area contributed by atoms with E-state index < -0.39 is 17.7 Å². The number of hydrogen-bond donors (Lipinski definition) is 1. The van der Waals surface area contributed by atoms with E-state index in [0.29, 0.717) is 23.6 Å². The Morgan fingerprint density at radius 2 is 1.59 bits per heavy atom. The highest BCUT2D eigenvalue weighted by molar-refractivity contribution is 5.78. The maximum absolute atomic E-state index is 13.5. The van der Waals surface area contributed by atoms with E-state index in [9.17, 15) is 13.6 Å². The summed E-state index contributed by atoms with van der Waals surface area (Å²) < 4.78 is 32.6. The fraction of sp³-hybridized carbons (Fsp3) is 0.154. The third-order valence-electron chi connectivity index (χ3n) is 5.14. The number of aromatic nitrogens is 1. The Kier molecular flexibility index (Phi) is 6.40. The smallest absolute Gasteiger partial charge is 0.220 e. The van der Waals surface area contributed by atoms with Crippen molar-refractivity contribution in [3.8, 4) is 22.6 Å². The summed E-state index contributed by atoms with van der Waals surface area (Å²) in [5.74, 6) is -0.978. The molecule has 0 saturated carbocycles. The molecule has 162 valence electrons. The average Bonchev–Trinajstić information content (AvgIpc) is 3.25. The van der Waals surface area contributed by atoms with E-state index in [2.05, 4.69) is 10.3 Å². The molecule has 4 rings (SSSR count). The van der Waals surface area contributed by atoms with Gasteiger partial charge in [0, 0.05) is 24.0 Å². The number of oxazole rings is 1. The van der Waals surface area contributed by atoms with Crippen molar-refractivity contribution >= 4 is 5.91 Å². The Labute approximate surface area is 184 Å². The predicted octanol–water partition coefficient (Wildman–Crippen LogP) is 6.10. The Morgan fingerprint density at radius 1 is 0.938 bits per heavy atom. The van der Waals surface area contributed by atoms with Gasteiger partial charge in [0.15, 0.2) is 23.3 Å². The first-order chi connectivity index (χ1) is 15.5. The van der Waals surface area contributed by atoms with Gasteiger partial charge in [0.2, 0.25) is 5.91 Å². The molecule has 32 heavy (non-hydrogen) atoms. The number of hydrogen-bond acceptors (Lipinski definition) is 3. The predicted molar refractivity (Wildman–Crippen MR) is 119 cm³/mol. The zero-order valence-electron chi connectivity index (χ0n) is 17.5. The molecule has 0 aliphatic rings. The second-order valence-electron chi connectivity index (χ2n) is 7.48. The molecular weight excluding hydrogens is 410 g/mol. The highest BCUT2D eigenvalue weighted by Crippen LogP contribution is 2.32. The first-order valence-electron chi connectivity index (χ1n) is 10.4. The molecule has 1 unspecified atom stereocenters. The summed E-state index contributed by atoms with van der Waals surface area (Å²) in [6.07, 6.45) is 0.458. The third-order valence-corrected chi connectivity index (χ3v) is 5.14. The number of amides is 1. The fourth-order valence-corrected chi connectivity index (χ4v) is 3.45. The standard InChI is InChI=1S/C26H22F2N2O2/c1-17(20-12-13-21(27)22(28)16-20)29-23(31)14-15-24-30-25(18-8-4-2-5-9-18)26(32-24)19-10-6-3-7-11-19/h2-13,16-17H,14-15H2,1H3,(H,29,31). The number of benzene rings is 3. The van der Waals surface area contributed by atoms with E-state index in [4.69, 9.17) is 4.42 Å². The lowest BCUT2D eigenvalue weighted by Crippen LogP contribution is -2.27. The summed E-state index contributed by atoms with van der Waals surface area (Å²) in [7, 11) is 0. The SMILES string of the molecule is CC(NC(=O)CCc1nc(-c2ccccc2)c(-c2ccccc2)o1)c1ccc(F)c(F)c1. The number of carbonyl (C=O) groups excluding carboxylic acids is 1. The maximum atomic E-state index is 13.5. The van der Waals surface area contributed by atoms with E-state index >= 15 is 0 Å². The van der Waals surface area contributed by atoms with Crippen molar-refractivity contribution in [2.45, 2.75) is 25.8 Å². The number of aryl methyl sites for hydroxylation is 1. The molecule has 4 aromatic rings. The topological polar surface area (TPSA) is 55.1 Å². The summed E-state index contributed by atoms with van der Waals surface area (Å²) in [5, 5.41) is 2.80. The minimum Gasteiger partial charge on any atom is -0.440 e. The summed E-state index contributed by atoms with van der Waals surface area (Å²) in [6.45, 7) is 1.72. The number of halogens is 2. The van der Waals surface area contributed by atoms with Crippen LogP contribution in [-0.2, 0) is 11.2 Å². The van der Waals surface area contributed by atoms with Crippen molar-refractivity contribution in [3.63, 3.8) is 0 Å². The molecule has 4 nitrogen and oxygen atoms in total. The van der Waals surface area contributed by atoms with Gasteiger partial charge in [0.25, 0.3) is 0 Å². The van der Waals surface area contributed by atoms with Crippen molar-refractivity contribution in [1.29, 1.82) is 0 Å². The molecule has 0 saturated heterocycles. The summed E-state index contributed by atoms with van der Waals surface area (Å²) in [4.78, 5) is 17.1. The highest BCUT2D eigenvalue weighted by atomic mass is 19.2. The second kappa shape index (κ2) is 9.56. The van der Waals surface area contributed by atoms with Gasteiger partial charge in [-0.05, 0) is 24.6 Å². The largest absolute Gasteiger partial charge is 0.440 e. The van der Waals surface area contributed by atoms with Crippen molar-refractivity contribution in [2.24, 2.45) is 0 Å². The van der Waals surface area contributed by atoms with Crippen LogP contribution in [0.4, 0.5) is 8.78 Å². The molecular formula is C26H22F2N2O2. The van der Waals surface area contributed by atoms with Crippen molar-refractivity contribution in [2.75, 3.05) is 0 Å². The molecule has 1 amide bonds. The van der Waals surface area contributed by atoms with Crippen molar-refractivity contribution in [1.82, 2.24) is 10.3 Å². The van der Waals surface area contributed by atoms with Crippen LogP contribution in [0.1, 0.15) is 30.8 Å². The Bertz CT molecular complexity index is 1150. The first kappa shape index (κ1) is 21.4. The minimum absolute atomic E-state index is 0.150. The summed E-state index contributed by atoms with van der Waals surface area (Å²) >= 11 is 0. The van der Waals surface area contributed by atoms with Crippen molar-refractivity contribution in [3.05, 3.63) is 102 Å². The Hall–Kier alpha value is -3.80. The third kappa shape index (κ3) is 4.91. The quantitative estimate of drug-likeness (QED) is 0.384. The molecule has 3 aromatic carbocycles. The Balaban J connectivity index is 1.48.